The van der Waals surface area contributed by atoms with Crippen LogP contribution in [0.1, 0.15) is 27.7 Å². The van der Waals surface area contributed by atoms with Crippen molar-refractivity contribution in [1.82, 2.24) is 0 Å². The second kappa shape index (κ2) is 7.72. The second-order valence-electron chi connectivity index (χ2n) is 4.54. The number of nitriles is 1. The van der Waals surface area contributed by atoms with E-state index in [1.54, 1.807) is 13.8 Å². The summed E-state index contributed by atoms with van der Waals surface area (Å²) in [6.45, 7) is 3.75. The highest BCUT2D eigenvalue weighted by atomic mass is 32.1. The summed E-state index contributed by atoms with van der Waals surface area (Å²) in [6, 6.07) is 11.5. The van der Waals surface area contributed by atoms with Crippen molar-refractivity contribution < 1.29 is 9.53 Å². The van der Waals surface area contributed by atoms with Gasteiger partial charge in [-0.05, 0) is 43.8 Å². The summed E-state index contributed by atoms with van der Waals surface area (Å²) in [6.07, 6.45) is 0. The molecule has 0 aliphatic rings. The van der Waals surface area contributed by atoms with Gasteiger partial charge in [0, 0.05) is 5.69 Å². The molecule has 0 saturated heterocycles. The van der Waals surface area contributed by atoms with Crippen molar-refractivity contribution in [2.45, 2.75) is 13.8 Å². The van der Waals surface area contributed by atoms with E-state index in [-0.39, 0.29) is 6.61 Å². The quantitative estimate of drug-likeness (QED) is 0.646. The van der Waals surface area contributed by atoms with Crippen molar-refractivity contribution in [3.05, 3.63) is 46.3 Å². The lowest BCUT2D eigenvalue weighted by molar-refractivity contribution is 0.0531. The van der Waals surface area contributed by atoms with Crippen LogP contribution in [0, 0.1) is 18.3 Å². The number of benzene rings is 1. The summed E-state index contributed by atoms with van der Waals surface area (Å²) < 4.78 is 5.01. The molecule has 0 unspecified atom stereocenters. The van der Waals surface area contributed by atoms with Gasteiger partial charge < -0.3 is 15.4 Å². The fourth-order valence-corrected chi connectivity index (χ4v) is 3.25. The minimum Gasteiger partial charge on any atom is -0.462 e. The monoisotopic (exact) mass is 345 g/mol. The number of rotatable bonds is 4. The Kier molecular flexibility index (Phi) is 5.68. The molecule has 0 radical (unpaired) electrons. The Labute approximate surface area is 143 Å². The van der Waals surface area contributed by atoms with Gasteiger partial charge >= 0.3 is 5.97 Å². The number of thiophene rings is 1. The first-order valence-electron chi connectivity index (χ1n) is 6.90. The SMILES string of the molecule is CCOC(=O)c1sc(NC(=S)Nc2ccccc2)c(C#N)c1C. The van der Waals surface area contributed by atoms with Crippen LogP contribution in [0.15, 0.2) is 30.3 Å². The van der Waals surface area contributed by atoms with E-state index in [1.165, 1.54) is 0 Å². The molecule has 0 saturated carbocycles. The number of thiocarbonyl (C=S) groups is 1. The smallest absolute Gasteiger partial charge is 0.348 e. The lowest BCUT2D eigenvalue weighted by Crippen LogP contribution is -2.18. The van der Waals surface area contributed by atoms with E-state index in [0.717, 1.165) is 17.0 Å². The molecule has 1 aromatic heterocycles. The van der Waals surface area contributed by atoms with Gasteiger partial charge in [-0.1, -0.05) is 18.2 Å². The van der Waals surface area contributed by atoms with Crippen molar-refractivity contribution in [2.75, 3.05) is 17.2 Å². The number of hydrogen-bond donors (Lipinski definition) is 2. The number of carbonyl (C=O) groups excluding carboxylic acids is 1. The molecule has 23 heavy (non-hydrogen) atoms. The summed E-state index contributed by atoms with van der Waals surface area (Å²) in [5.41, 5.74) is 1.83. The molecular weight excluding hydrogens is 330 g/mol. The minimum absolute atomic E-state index is 0.287. The Balaban J connectivity index is 2.19. The van der Waals surface area contributed by atoms with E-state index in [4.69, 9.17) is 17.0 Å². The maximum Gasteiger partial charge on any atom is 0.348 e. The maximum atomic E-state index is 11.9. The first-order chi connectivity index (χ1) is 11.1. The molecule has 0 aliphatic heterocycles. The van der Waals surface area contributed by atoms with E-state index >= 15 is 0 Å². The van der Waals surface area contributed by atoms with Gasteiger partial charge in [0.25, 0.3) is 0 Å². The van der Waals surface area contributed by atoms with Crippen molar-refractivity contribution in [1.29, 1.82) is 5.26 Å². The summed E-state index contributed by atoms with van der Waals surface area (Å²) in [7, 11) is 0. The minimum atomic E-state index is -0.429. The molecule has 0 bridgehead atoms. The van der Waals surface area contributed by atoms with Crippen molar-refractivity contribution >= 4 is 45.3 Å². The third-order valence-corrected chi connectivity index (χ3v) is 4.37. The van der Waals surface area contributed by atoms with Crippen LogP contribution in [0.5, 0.6) is 0 Å². The fraction of sp³-hybridized carbons (Fsp3) is 0.188. The predicted molar refractivity (Wildman–Crippen MR) is 96.0 cm³/mol. The molecule has 0 aliphatic carbocycles. The highest BCUT2D eigenvalue weighted by molar-refractivity contribution is 7.80. The number of esters is 1. The summed E-state index contributed by atoms with van der Waals surface area (Å²) in [5, 5.41) is 16.2. The topological polar surface area (TPSA) is 74.2 Å². The second-order valence-corrected chi connectivity index (χ2v) is 5.97. The number of para-hydroxylation sites is 1. The predicted octanol–water partition coefficient (Wildman–Crippen LogP) is 3.91. The van der Waals surface area contributed by atoms with Crippen LogP contribution < -0.4 is 10.6 Å². The van der Waals surface area contributed by atoms with Gasteiger partial charge in [-0.2, -0.15) is 5.26 Å². The van der Waals surface area contributed by atoms with Crippen LogP contribution >= 0.6 is 23.6 Å². The van der Waals surface area contributed by atoms with Gasteiger partial charge in [-0.25, -0.2) is 4.79 Å². The molecule has 2 N–H and O–H groups in total. The van der Waals surface area contributed by atoms with Crippen LogP contribution in [0.2, 0.25) is 0 Å². The number of carbonyl (C=O) groups is 1. The maximum absolute atomic E-state index is 11.9. The summed E-state index contributed by atoms with van der Waals surface area (Å²) >= 11 is 6.42. The Morgan fingerprint density at radius 2 is 2.04 bits per heavy atom. The van der Waals surface area contributed by atoms with Gasteiger partial charge in [0.1, 0.15) is 15.9 Å². The molecule has 0 spiro atoms. The Morgan fingerprint density at radius 1 is 1.35 bits per heavy atom. The third-order valence-electron chi connectivity index (χ3n) is 2.98. The Hall–Kier alpha value is -2.43. The molecule has 1 heterocycles. The van der Waals surface area contributed by atoms with Gasteiger partial charge in [0.2, 0.25) is 0 Å². The average Bonchev–Trinajstić information content (AvgIpc) is 2.84. The molecule has 7 heteroatoms. The Bertz CT molecular complexity index is 764. The van der Waals surface area contributed by atoms with E-state index in [0.29, 0.717) is 26.1 Å². The van der Waals surface area contributed by atoms with E-state index in [2.05, 4.69) is 16.7 Å². The van der Waals surface area contributed by atoms with Gasteiger partial charge in [-0.3, -0.25) is 0 Å². The molecule has 0 amide bonds. The van der Waals surface area contributed by atoms with E-state index in [9.17, 15) is 10.1 Å². The normalized spacial score (nSPS) is 9.78. The lowest BCUT2D eigenvalue weighted by Gasteiger charge is -2.09. The number of ether oxygens (including phenoxy) is 1. The highest BCUT2D eigenvalue weighted by Gasteiger charge is 2.21. The van der Waals surface area contributed by atoms with Crippen LogP contribution in [-0.2, 0) is 4.74 Å². The molecule has 0 fully saturated rings. The summed E-state index contributed by atoms with van der Waals surface area (Å²) in [5.74, 6) is -0.429. The zero-order valence-electron chi connectivity index (χ0n) is 12.7. The lowest BCUT2D eigenvalue weighted by atomic mass is 10.2. The van der Waals surface area contributed by atoms with Crippen LogP contribution in [0.3, 0.4) is 0 Å². The largest absolute Gasteiger partial charge is 0.462 e. The van der Waals surface area contributed by atoms with Crippen molar-refractivity contribution in [2.24, 2.45) is 0 Å². The zero-order chi connectivity index (χ0) is 16.8. The number of nitrogens with zero attached hydrogens (tertiary/aromatic N) is 1. The molecule has 2 aromatic rings. The first kappa shape index (κ1) is 16.9. The molecule has 2 rings (SSSR count). The molecule has 118 valence electrons. The zero-order valence-corrected chi connectivity index (χ0v) is 14.3. The average molecular weight is 345 g/mol. The van der Waals surface area contributed by atoms with E-state index < -0.39 is 5.97 Å². The van der Waals surface area contributed by atoms with Crippen molar-refractivity contribution in [3.8, 4) is 6.07 Å². The first-order valence-corrected chi connectivity index (χ1v) is 8.13. The van der Waals surface area contributed by atoms with Gasteiger partial charge in [0.05, 0.1) is 12.2 Å². The van der Waals surface area contributed by atoms with Crippen LogP contribution in [0.25, 0.3) is 0 Å². The van der Waals surface area contributed by atoms with Crippen molar-refractivity contribution in [3.63, 3.8) is 0 Å². The third kappa shape index (κ3) is 4.06. The Morgan fingerprint density at radius 3 is 2.65 bits per heavy atom. The molecule has 0 atom stereocenters. The molecule has 5 nitrogen and oxygen atoms in total. The fourth-order valence-electron chi connectivity index (χ4n) is 1.91. The van der Waals surface area contributed by atoms with Gasteiger partial charge in [-0.15, -0.1) is 11.3 Å². The number of nitrogens with one attached hydrogen (secondary N) is 2. The molecule has 1 aromatic carbocycles. The number of hydrogen-bond acceptors (Lipinski definition) is 5. The van der Waals surface area contributed by atoms with Gasteiger partial charge in [0.15, 0.2) is 5.11 Å². The highest BCUT2D eigenvalue weighted by Crippen LogP contribution is 2.33. The standard InChI is InChI=1S/C16H15N3O2S2/c1-3-21-15(20)13-10(2)12(9-17)14(23-13)19-16(22)18-11-7-5-4-6-8-11/h4-8H,3H2,1-2H3,(H2,18,19,22). The van der Waals surface area contributed by atoms with E-state index in [1.807, 2.05) is 30.3 Å². The van der Waals surface area contributed by atoms with Crippen LogP contribution in [0.4, 0.5) is 10.7 Å². The number of anilines is 2. The molecular formula is C16H15N3O2S2. The summed E-state index contributed by atoms with van der Waals surface area (Å²) in [4.78, 5) is 12.3. The van der Waals surface area contributed by atoms with Crippen LogP contribution in [-0.4, -0.2) is 17.7 Å².